The molecule has 0 aliphatic heterocycles. The molecule has 1 heterocycles. The Labute approximate surface area is 257 Å². The zero-order chi connectivity index (χ0) is 33.6. The lowest BCUT2D eigenvalue weighted by Crippen LogP contribution is -1.91. The first-order valence-electron chi connectivity index (χ1n) is 17.3. The Kier molecular flexibility index (Phi) is 4.11. The highest BCUT2D eigenvalue weighted by Crippen LogP contribution is 2.46. The Bertz CT molecular complexity index is 2780. The predicted molar refractivity (Wildman–Crippen MR) is 183 cm³/mol. The van der Waals surface area contributed by atoms with Gasteiger partial charge < -0.3 is 4.42 Å². The van der Waals surface area contributed by atoms with Crippen molar-refractivity contribution in [2.24, 2.45) is 0 Å². The van der Waals surface area contributed by atoms with Gasteiger partial charge in [-0.3, -0.25) is 0 Å². The summed E-state index contributed by atoms with van der Waals surface area (Å²) in [5.74, 6) is 0. The van der Waals surface area contributed by atoms with Crippen LogP contribution in [0.1, 0.15) is 8.22 Å². The van der Waals surface area contributed by atoms with Crippen molar-refractivity contribution < 1.29 is 12.6 Å². The Balaban J connectivity index is 1.42. The fraction of sp³-hybridized carbons (Fsp3) is 0. The van der Waals surface area contributed by atoms with E-state index >= 15 is 0 Å². The maximum absolute atomic E-state index is 9.57. The van der Waals surface area contributed by atoms with E-state index in [-0.39, 0.29) is 69.3 Å². The smallest absolute Gasteiger partial charge is 0.136 e. The number of hydrogen-bond acceptors (Lipinski definition) is 1. The third-order valence-corrected chi connectivity index (χ3v) is 8.31. The first-order chi connectivity index (χ1) is 23.9. The summed E-state index contributed by atoms with van der Waals surface area (Å²) in [5, 5.41) is 6.15. The van der Waals surface area contributed by atoms with Crippen LogP contribution >= 0.6 is 0 Å². The monoisotopic (exact) mass is 552 g/mol. The quantitative estimate of drug-likeness (QED) is 0.199. The fourth-order valence-corrected chi connectivity index (χ4v) is 6.40. The van der Waals surface area contributed by atoms with Gasteiger partial charge in [-0.1, -0.05) is 133 Å². The first kappa shape index (κ1) is 18.7. The number of fused-ring (bicyclic) bond motifs is 6. The Morgan fingerprint density at radius 2 is 0.977 bits per heavy atom. The van der Waals surface area contributed by atoms with Gasteiger partial charge in [0.25, 0.3) is 0 Å². The molecule has 0 radical (unpaired) electrons. The van der Waals surface area contributed by atoms with Gasteiger partial charge in [-0.2, -0.15) is 0 Å². The van der Waals surface area contributed by atoms with Crippen molar-refractivity contribution in [2.45, 2.75) is 0 Å². The Morgan fingerprint density at radius 3 is 1.72 bits per heavy atom. The van der Waals surface area contributed by atoms with Crippen molar-refractivity contribution in [3.63, 3.8) is 0 Å². The minimum Gasteiger partial charge on any atom is -0.456 e. The zero-order valence-corrected chi connectivity index (χ0v) is 23.0. The van der Waals surface area contributed by atoms with E-state index in [1.165, 1.54) is 0 Å². The SMILES string of the molecule is [2H]c1c(-c2ccccc2)c([2H])c2c(oc3c([2H])c(-c4c5ccccc5c(-c5cccc6ccccc56)c5ccccc45)c([2H])c([2H])c32)c1[2H]. The van der Waals surface area contributed by atoms with Gasteiger partial charge in [-0.25, -0.2) is 0 Å². The van der Waals surface area contributed by atoms with Gasteiger partial charge >= 0.3 is 0 Å². The molecule has 8 aromatic carbocycles. The third kappa shape index (κ3) is 3.72. The van der Waals surface area contributed by atoms with E-state index in [0.29, 0.717) is 11.1 Å². The molecule has 1 heteroatoms. The van der Waals surface area contributed by atoms with Crippen LogP contribution in [0.5, 0.6) is 0 Å². The molecule has 0 spiro atoms. The second-order valence-corrected chi connectivity index (χ2v) is 10.7. The molecule has 0 aliphatic carbocycles. The number of furan rings is 1. The van der Waals surface area contributed by atoms with Crippen molar-refractivity contribution in [1.82, 2.24) is 0 Å². The van der Waals surface area contributed by atoms with Crippen molar-refractivity contribution in [2.75, 3.05) is 0 Å². The summed E-state index contributed by atoms with van der Waals surface area (Å²) in [6, 6.07) is 38.8. The third-order valence-electron chi connectivity index (χ3n) is 8.31. The molecule has 0 aliphatic rings. The molecule has 200 valence electrons. The van der Waals surface area contributed by atoms with Gasteiger partial charge in [-0.15, -0.1) is 0 Å². The molecule has 0 amide bonds. The fourth-order valence-electron chi connectivity index (χ4n) is 6.40. The van der Waals surface area contributed by atoms with Crippen LogP contribution < -0.4 is 0 Å². The van der Waals surface area contributed by atoms with Crippen LogP contribution in [-0.2, 0) is 0 Å². The van der Waals surface area contributed by atoms with E-state index in [1.807, 2.05) is 66.7 Å². The molecular weight excluding hydrogens is 520 g/mol. The summed E-state index contributed by atoms with van der Waals surface area (Å²) in [5.41, 5.74) is 3.90. The van der Waals surface area contributed by atoms with Crippen molar-refractivity contribution in [1.29, 1.82) is 0 Å². The van der Waals surface area contributed by atoms with Gasteiger partial charge in [0.15, 0.2) is 0 Å². The second kappa shape index (κ2) is 9.44. The number of benzene rings is 8. The van der Waals surface area contributed by atoms with E-state index < -0.39 is 0 Å². The topological polar surface area (TPSA) is 13.1 Å². The Hall–Kier alpha value is -5.66. The van der Waals surface area contributed by atoms with E-state index in [1.54, 1.807) is 12.1 Å². The van der Waals surface area contributed by atoms with Crippen molar-refractivity contribution >= 4 is 54.3 Å². The summed E-state index contributed by atoms with van der Waals surface area (Å²) >= 11 is 0. The van der Waals surface area contributed by atoms with E-state index in [9.17, 15) is 5.48 Å². The molecule has 9 aromatic rings. The van der Waals surface area contributed by atoms with Crippen LogP contribution in [0.15, 0.2) is 162 Å². The van der Waals surface area contributed by atoms with Crippen LogP contribution in [0.4, 0.5) is 0 Å². The van der Waals surface area contributed by atoms with Crippen LogP contribution in [0.3, 0.4) is 0 Å². The summed E-state index contributed by atoms with van der Waals surface area (Å²) in [6.45, 7) is 0. The van der Waals surface area contributed by atoms with Crippen LogP contribution in [0.2, 0.25) is 0 Å². The van der Waals surface area contributed by atoms with Crippen LogP contribution in [0, 0.1) is 0 Å². The highest BCUT2D eigenvalue weighted by atomic mass is 16.3. The normalized spacial score (nSPS) is 13.7. The number of rotatable bonds is 3. The summed E-state index contributed by atoms with van der Waals surface area (Å²) in [6.07, 6.45) is 0. The van der Waals surface area contributed by atoms with Crippen LogP contribution in [0.25, 0.3) is 87.6 Å². The minimum absolute atomic E-state index is 0.0238. The first-order valence-corrected chi connectivity index (χ1v) is 14.3. The summed E-state index contributed by atoms with van der Waals surface area (Å²) < 4.78 is 61.4. The molecule has 0 unspecified atom stereocenters. The van der Waals surface area contributed by atoms with E-state index in [2.05, 4.69) is 42.5 Å². The lowest BCUT2D eigenvalue weighted by Gasteiger charge is -2.18. The predicted octanol–water partition coefficient (Wildman–Crippen LogP) is 12.0. The lowest BCUT2D eigenvalue weighted by molar-refractivity contribution is 0.669. The van der Waals surface area contributed by atoms with Gasteiger partial charge in [-0.05, 0) is 89.9 Å². The standard InChI is InChI=1S/C42H26O/c1-2-11-27(12-3-1)29-22-24-39-38(25-29)32-23-21-30(26-40(32)43-39)41-34-16-6-8-18-36(34)42(37-19-9-7-17-35(37)41)33-20-10-14-28-13-4-5-15-31(28)33/h1-26H/i21D,22D,23D,24D,25D,26D. The van der Waals surface area contributed by atoms with Crippen molar-refractivity contribution in [3.05, 3.63) is 158 Å². The second-order valence-electron chi connectivity index (χ2n) is 10.7. The van der Waals surface area contributed by atoms with Crippen LogP contribution in [-0.4, -0.2) is 0 Å². The highest BCUT2D eigenvalue weighted by molar-refractivity contribution is 6.24. The molecule has 1 nitrogen and oxygen atoms in total. The van der Waals surface area contributed by atoms with Gasteiger partial charge in [0.05, 0.1) is 8.22 Å². The molecular formula is C42H26O. The van der Waals surface area contributed by atoms with E-state index in [4.69, 9.17) is 7.16 Å². The maximum Gasteiger partial charge on any atom is 0.136 e. The van der Waals surface area contributed by atoms with Gasteiger partial charge in [0.1, 0.15) is 11.2 Å². The molecule has 0 atom stereocenters. The molecule has 0 saturated heterocycles. The lowest BCUT2D eigenvalue weighted by atomic mass is 9.84. The van der Waals surface area contributed by atoms with Gasteiger partial charge in [0, 0.05) is 10.8 Å². The molecule has 0 bridgehead atoms. The maximum atomic E-state index is 9.57. The molecule has 43 heavy (non-hydrogen) atoms. The summed E-state index contributed by atoms with van der Waals surface area (Å²) in [4.78, 5) is 0. The Morgan fingerprint density at radius 1 is 0.372 bits per heavy atom. The highest BCUT2D eigenvalue weighted by Gasteiger charge is 2.19. The minimum atomic E-state index is -0.219. The van der Waals surface area contributed by atoms with E-state index in [0.717, 1.165) is 43.4 Å². The molecule has 0 fully saturated rings. The number of hydrogen-bond donors (Lipinski definition) is 0. The molecule has 1 aromatic heterocycles. The van der Waals surface area contributed by atoms with Gasteiger partial charge in [0.2, 0.25) is 0 Å². The average molecular weight is 553 g/mol. The molecule has 0 saturated carbocycles. The largest absolute Gasteiger partial charge is 0.456 e. The average Bonchev–Trinajstić information content (AvgIpc) is 3.55. The molecule has 0 N–H and O–H groups in total. The van der Waals surface area contributed by atoms with Crippen molar-refractivity contribution in [3.8, 4) is 33.4 Å². The molecule has 9 rings (SSSR count). The zero-order valence-electron chi connectivity index (χ0n) is 29.0. The summed E-state index contributed by atoms with van der Waals surface area (Å²) in [7, 11) is 0.